The van der Waals surface area contributed by atoms with Crippen LogP contribution in [0.2, 0.25) is 0 Å². The van der Waals surface area contributed by atoms with Crippen molar-refractivity contribution in [2.24, 2.45) is 11.7 Å². The molecule has 4 heteroatoms. The summed E-state index contributed by atoms with van der Waals surface area (Å²) in [6.07, 6.45) is 7.82. The largest absolute Gasteiger partial charge is 0.376 e. The van der Waals surface area contributed by atoms with Crippen LogP contribution in [-0.2, 0) is 9.53 Å². The fraction of sp³-hybridized carbons (Fsp3) is 0.750. The first-order valence-electron chi connectivity index (χ1n) is 5.92. The van der Waals surface area contributed by atoms with E-state index in [0.29, 0.717) is 6.54 Å². The van der Waals surface area contributed by atoms with Gasteiger partial charge in [0, 0.05) is 19.7 Å². The zero-order valence-corrected chi connectivity index (χ0v) is 9.74. The van der Waals surface area contributed by atoms with Gasteiger partial charge in [0.1, 0.15) is 0 Å². The topological polar surface area (TPSA) is 64.3 Å². The zero-order valence-electron chi connectivity index (χ0n) is 9.74. The van der Waals surface area contributed by atoms with Crippen molar-refractivity contribution < 1.29 is 9.53 Å². The van der Waals surface area contributed by atoms with E-state index < -0.39 is 0 Å². The normalized spacial score (nSPS) is 31.1. The van der Waals surface area contributed by atoms with E-state index in [1.165, 1.54) is 6.42 Å². The Hall–Kier alpha value is -0.870. The van der Waals surface area contributed by atoms with Crippen LogP contribution in [0.5, 0.6) is 0 Å². The Bertz CT molecular complexity index is 292. The van der Waals surface area contributed by atoms with Gasteiger partial charge < -0.3 is 15.8 Å². The number of methoxy groups -OCH3 is 1. The molecular formula is C12H20N2O2. The van der Waals surface area contributed by atoms with Crippen LogP contribution in [-0.4, -0.2) is 31.2 Å². The Morgan fingerprint density at radius 3 is 2.75 bits per heavy atom. The van der Waals surface area contributed by atoms with Crippen molar-refractivity contribution in [1.29, 1.82) is 0 Å². The number of carbonyl (C=O) groups is 1. The molecule has 0 aromatic carbocycles. The number of nitrogens with one attached hydrogen (secondary N) is 1. The van der Waals surface area contributed by atoms with Crippen molar-refractivity contribution >= 4 is 5.91 Å². The van der Waals surface area contributed by atoms with Gasteiger partial charge in [-0.3, -0.25) is 4.79 Å². The van der Waals surface area contributed by atoms with Gasteiger partial charge in [0.25, 0.3) is 0 Å². The highest BCUT2D eigenvalue weighted by Gasteiger charge is 2.37. The summed E-state index contributed by atoms with van der Waals surface area (Å²) < 4.78 is 5.45. The molecule has 0 aromatic rings. The summed E-state index contributed by atoms with van der Waals surface area (Å²) in [5.41, 5.74) is 5.62. The summed E-state index contributed by atoms with van der Waals surface area (Å²) in [6.45, 7) is 0.627. The number of hydrogen-bond donors (Lipinski definition) is 2. The molecule has 0 spiro atoms. The van der Waals surface area contributed by atoms with Crippen LogP contribution >= 0.6 is 0 Å². The van der Waals surface area contributed by atoms with Crippen LogP contribution in [0.4, 0.5) is 0 Å². The number of ether oxygens (including phenoxy) is 1. The second-order valence-electron chi connectivity index (χ2n) is 4.85. The van der Waals surface area contributed by atoms with Gasteiger partial charge >= 0.3 is 0 Å². The first-order chi connectivity index (χ1) is 7.65. The summed E-state index contributed by atoms with van der Waals surface area (Å²) >= 11 is 0. The van der Waals surface area contributed by atoms with Crippen molar-refractivity contribution in [3.8, 4) is 0 Å². The van der Waals surface area contributed by atoms with Crippen molar-refractivity contribution in [2.45, 2.75) is 37.3 Å². The molecule has 0 radical (unpaired) electrons. The number of amides is 1. The van der Waals surface area contributed by atoms with E-state index in [4.69, 9.17) is 10.5 Å². The minimum absolute atomic E-state index is 0.0378. The third-order valence-electron chi connectivity index (χ3n) is 3.74. The molecule has 90 valence electrons. The SMILES string of the molecule is COC1(CNC(=O)C2C=CC(N)C2)CCC1. The molecule has 2 aliphatic carbocycles. The van der Waals surface area contributed by atoms with Gasteiger partial charge in [0.2, 0.25) is 5.91 Å². The smallest absolute Gasteiger partial charge is 0.227 e. The minimum Gasteiger partial charge on any atom is -0.376 e. The van der Waals surface area contributed by atoms with Crippen LogP contribution in [0.1, 0.15) is 25.7 Å². The first kappa shape index (κ1) is 11.6. The van der Waals surface area contributed by atoms with E-state index >= 15 is 0 Å². The Morgan fingerprint density at radius 2 is 2.31 bits per heavy atom. The molecule has 1 saturated carbocycles. The summed E-state index contributed by atoms with van der Waals surface area (Å²) in [5, 5.41) is 2.97. The molecule has 2 rings (SSSR count). The monoisotopic (exact) mass is 224 g/mol. The highest BCUT2D eigenvalue weighted by Crippen LogP contribution is 2.34. The molecule has 0 bridgehead atoms. The number of nitrogens with two attached hydrogens (primary N) is 1. The molecule has 2 aliphatic rings. The van der Waals surface area contributed by atoms with E-state index in [9.17, 15) is 4.79 Å². The van der Waals surface area contributed by atoms with E-state index in [-0.39, 0.29) is 23.5 Å². The van der Waals surface area contributed by atoms with Crippen molar-refractivity contribution in [3.05, 3.63) is 12.2 Å². The molecule has 2 unspecified atom stereocenters. The Labute approximate surface area is 96.2 Å². The third-order valence-corrected chi connectivity index (χ3v) is 3.74. The summed E-state index contributed by atoms with van der Waals surface area (Å²) in [7, 11) is 1.72. The first-order valence-corrected chi connectivity index (χ1v) is 5.92. The molecule has 16 heavy (non-hydrogen) atoms. The second kappa shape index (κ2) is 4.55. The standard InChI is InChI=1S/C12H20N2O2/c1-16-12(5-2-6-12)8-14-11(15)9-3-4-10(13)7-9/h3-4,9-10H,2,5-8,13H2,1H3,(H,14,15). The van der Waals surface area contributed by atoms with Crippen LogP contribution in [0.3, 0.4) is 0 Å². The Morgan fingerprint density at radius 1 is 1.56 bits per heavy atom. The van der Waals surface area contributed by atoms with Crippen LogP contribution in [0.15, 0.2) is 12.2 Å². The Balaban J connectivity index is 1.77. The molecule has 1 fully saturated rings. The summed E-state index contributed by atoms with van der Waals surface area (Å²) in [6, 6.07) is 0.0378. The third kappa shape index (κ3) is 2.28. The van der Waals surface area contributed by atoms with Gasteiger partial charge in [-0.15, -0.1) is 0 Å². The average Bonchev–Trinajstić information content (AvgIpc) is 2.64. The van der Waals surface area contributed by atoms with Crippen molar-refractivity contribution in [1.82, 2.24) is 5.32 Å². The quantitative estimate of drug-likeness (QED) is 0.686. The molecular weight excluding hydrogens is 204 g/mol. The predicted molar refractivity (Wildman–Crippen MR) is 61.8 cm³/mol. The van der Waals surface area contributed by atoms with Gasteiger partial charge in [-0.25, -0.2) is 0 Å². The lowest BCUT2D eigenvalue weighted by Gasteiger charge is -2.40. The Kier molecular flexibility index (Phi) is 3.30. The molecule has 4 nitrogen and oxygen atoms in total. The minimum atomic E-state index is -0.0971. The fourth-order valence-corrected chi connectivity index (χ4v) is 2.33. The van der Waals surface area contributed by atoms with Crippen molar-refractivity contribution in [3.63, 3.8) is 0 Å². The van der Waals surface area contributed by atoms with E-state index in [1.54, 1.807) is 7.11 Å². The lowest BCUT2D eigenvalue weighted by Crippen LogP contribution is -2.50. The van der Waals surface area contributed by atoms with E-state index in [1.807, 2.05) is 12.2 Å². The second-order valence-corrected chi connectivity index (χ2v) is 4.85. The zero-order chi connectivity index (χ0) is 11.6. The van der Waals surface area contributed by atoms with Gasteiger partial charge in [0.05, 0.1) is 11.5 Å². The molecule has 0 aromatic heterocycles. The van der Waals surface area contributed by atoms with Gasteiger partial charge in [0.15, 0.2) is 0 Å². The number of rotatable bonds is 4. The highest BCUT2D eigenvalue weighted by atomic mass is 16.5. The average molecular weight is 224 g/mol. The molecule has 1 amide bonds. The van der Waals surface area contributed by atoms with Crippen LogP contribution in [0.25, 0.3) is 0 Å². The van der Waals surface area contributed by atoms with Crippen LogP contribution < -0.4 is 11.1 Å². The maximum absolute atomic E-state index is 11.8. The van der Waals surface area contributed by atoms with Gasteiger partial charge in [-0.1, -0.05) is 12.2 Å². The van der Waals surface area contributed by atoms with Crippen LogP contribution in [0, 0.1) is 5.92 Å². The maximum atomic E-state index is 11.8. The molecule has 0 heterocycles. The highest BCUT2D eigenvalue weighted by molar-refractivity contribution is 5.81. The molecule has 0 aliphatic heterocycles. The summed E-state index contributed by atoms with van der Waals surface area (Å²) in [5.74, 6) is 0.0245. The maximum Gasteiger partial charge on any atom is 0.227 e. The van der Waals surface area contributed by atoms with Crippen molar-refractivity contribution in [2.75, 3.05) is 13.7 Å². The fourth-order valence-electron chi connectivity index (χ4n) is 2.33. The predicted octanol–water partition coefficient (Wildman–Crippen LogP) is 0.575. The summed E-state index contributed by atoms with van der Waals surface area (Å²) in [4.78, 5) is 11.8. The number of carbonyl (C=O) groups excluding carboxylic acids is 1. The van der Waals surface area contributed by atoms with Gasteiger partial charge in [-0.2, -0.15) is 0 Å². The van der Waals surface area contributed by atoms with Gasteiger partial charge in [-0.05, 0) is 25.7 Å². The number of hydrogen-bond acceptors (Lipinski definition) is 3. The van der Waals surface area contributed by atoms with E-state index in [2.05, 4.69) is 5.32 Å². The lowest BCUT2D eigenvalue weighted by molar-refractivity contribution is -0.127. The van der Waals surface area contributed by atoms with E-state index in [0.717, 1.165) is 19.3 Å². The lowest BCUT2D eigenvalue weighted by atomic mass is 9.80. The molecule has 2 atom stereocenters. The molecule has 0 saturated heterocycles. The molecule has 3 N–H and O–H groups in total.